The van der Waals surface area contributed by atoms with Crippen LogP contribution in [0.4, 0.5) is 0 Å². The summed E-state index contributed by atoms with van der Waals surface area (Å²) in [5, 5.41) is 13.1. The van der Waals surface area contributed by atoms with E-state index >= 15 is 0 Å². The van der Waals surface area contributed by atoms with Gasteiger partial charge in [0, 0.05) is 26.2 Å². The molecule has 0 aliphatic carbocycles. The molecule has 1 rings (SSSR count). The smallest absolute Gasteiger partial charge is 0.676 e. The molecule has 0 amide bonds. The summed E-state index contributed by atoms with van der Waals surface area (Å²) >= 11 is 0. The van der Waals surface area contributed by atoms with Crippen LogP contribution >= 0.6 is 0 Å². The van der Waals surface area contributed by atoms with Crippen molar-refractivity contribution >= 4 is 0 Å². The molecule has 19 heavy (non-hydrogen) atoms. The first kappa shape index (κ1) is 21.2. The Labute approximate surface area is 122 Å². The van der Waals surface area contributed by atoms with Gasteiger partial charge in [0.05, 0.1) is 5.29 Å². The van der Waals surface area contributed by atoms with Crippen LogP contribution in [0.15, 0.2) is 5.29 Å². The molecule has 0 atom stereocenters. The molecule has 0 spiro atoms. The van der Waals surface area contributed by atoms with E-state index in [1.807, 2.05) is 0 Å². The van der Waals surface area contributed by atoms with Gasteiger partial charge in [-0.3, -0.25) is 5.21 Å². The number of halogens is 1. The number of hydrogen-bond acceptors (Lipinski definition) is 9. The first-order valence-corrected chi connectivity index (χ1v) is 6.07. The number of piperazine rings is 1. The van der Waals surface area contributed by atoms with E-state index in [4.69, 9.17) is 29.6 Å². The van der Waals surface area contributed by atoms with Crippen LogP contribution in [0, 0.1) is 15.2 Å². The summed E-state index contributed by atoms with van der Waals surface area (Å²) in [6.45, 7) is 3.78. The van der Waals surface area contributed by atoms with E-state index in [0.717, 1.165) is 19.6 Å². The standard InChI is InChI=1S/C6H14N5O2.ClHO4.Cu/c7-1-2-9-3-5-10(6-4-9)11(13)8-12;2-1(3,4)5;/h7,13H,1-6H2;(H,2,3,4,5);/q-1;;+2/p-1. The summed E-state index contributed by atoms with van der Waals surface area (Å²) in [7, 11) is -4.94. The van der Waals surface area contributed by atoms with Gasteiger partial charge in [-0.25, -0.2) is 18.6 Å². The van der Waals surface area contributed by atoms with Gasteiger partial charge in [-0.2, -0.15) is 5.01 Å². The van der Waals surface area contributed by atoms with Gasteiger partial charge in [0.2, 0.25) is 0 Å². The van der Waals surface area contributed by atoms with Crippen molar-refractivity contribution in [3.63, 3.8) is 0 Å². The van der Waals surface area contributed by atoms with E-state index in [1.54, 1.807) is 0 Å². The molecule has 117 valence electrons. The molecule has 0 saturated carbocycles. The molecular weight excluding hydrogens is 337 g/mol. The molecular formula is C6H14ClCuN5O6. The molecule has 0 unspecified atom stereocenters. The molecule has 0 aromatic rings. The van der Waals surface area contributed by atoms with Crippen LogP contribution in [0.3, 0.4) is 0 Å². The summed E-state index contributed by atoms with van der Waals surface area (Å²) in [6.07, 6.45) is 0. The third kappa shape index (κ3) is 12.7. The van der Waals surface area contributed by atoms with Gasteiger partial charge in [0.1, 0.15) is 0 Å². The van der Waals surface area contributed by atoms with Crippen molar-refractivity contribution in [1.82, 2.24) is 15.2 Å². The monoisotopic (exact) mass is 350 g/mol. The van der Waals surface area contributed by atoms with Crippen molar-refractivity contribution in [2.75, 3.05) is 39.3 Å². The summed E-state index contributed by atoms with van der Waals surface area (Å²) in [4.78, 5) is 12.1. The average Bonchev–Trinajstić information content (AvgIpc) is 2.27. The Hall–Kier alpha value is -0.111. The van der Waals surface area contributed by atoms with Crippen molar-refractivity contribution in [2.45, 2.75) is 0 Å². The van der Waals surface area contributed by atoms with Crippen LogP contribution in [0.1, 0.15) is 0 Å². The Bertz CT molecular complexity index is 233. The minimum Gasteiger partial charge on any atom is -0.676 e. The van der Waals surface area contributed by atoms with Crippen LogP contribution in [-0.2, 0) is 17.1 Å². The van der Waals surface area contributed by atoms with Crippen molar-refractivity contribution in [3.8, 4) is 0 Å². The third-order valence-electron chi connectivity index (χ3n) is 2.10. The van der Waals surface area contributed by atoms with Crippen molar-refractivity contribution in [3.05, 3.63) is 10.6 Å². The van der Waals surface area contributed by atoms with Crippen molar-refractivity contribution in [2.24, 2.45) is 5.29 Å². The van der Waals surface area contributed by atoms with Crippen molar-refractivity contribution in [1.29, 1.82) is 0 Å². The predicted octanol–water partition coefficient (Wildman–Crippen LogP) is -4.81. The second-order valence-electron chi connectivity index (χ2n) is 3.27. The third-order valence-corrected chi connectivity index (χ3v) is 2.10. The van der Waals surface area contributed by atoms with Gasteiger partial charge in [-0.1, -0.05) is 5.28 Å². The minimum absolute atomic E-state index is 0. The van der Waals surface area contributed by atoms with Crippen LogP contribution in [-0.4, -0.2) is 59.7 Å². The summed E-state index contributed by atoms with van der Waals surface area (Å²) < 4.78 is 34.0. The number of hydrogen-bond donors (Lipinski definition) is 1. The fourth-order valence-corrected chi connectivity index (χ4v) is 1.35. The minimum atomic E-state index is -4.94. The maximum Gasteiger partial charge on any atom is 2.00 e. The zero-order chi connectivity index (χ0) is 14.2. The van der Waals surface area contributed by atoms with Gasteiger partial charge in [-0.15, -0.1) is 21.7 Å². The Morgan fingerprint density at radius 1 is 1.21 bits per heavy atom. The summed E-state index contributed by atoms with van der Waals surface area (Å²) in [5.74, 6) is 0. The van der Waals surface area contributed by atoms with Gasteiger partial charge in [0.15, 0.2) is 0 Å². The normalized spacial score (nSPS) is 16.9. The van der Waals surface area contributed by atoms with Crippen LogP contribution in [0.2, 0.25) is 0 Å². The van der Waals surface area contributed by atoms with E-state index in [1.165, 1.54) is 5.01 Å². The predicted molar refractivity (Wildman–Crippen MR) is 46.6 cm³/mol. The SMILES string of the molecule is [Cu+2].[NH-]CCN1CCN(N(O)N=O)CC1.[O-][Cl+3]([O-])([O-])[O-]. The van der Waals surface area contributed by atoms with E-state index in [0.29, 0.717) is 24.9 Å². The first-order chi connectivity index (χ1) is 8.27. The Kier molecular flexibility index (Phi) is 11.9. The number of nitrogens with one attached hydrogen (secondary N) is 1. The fourth-order valence-electron chi connectivity index (χ4n) is 1.35. The quantitative estimate of drug-likeness (QED) is 0.296. The zero-order valence-electron chi connectivity index (χ0n) is 9.70. The van der Waals surface area contributed by atoms with Gasteiger partial charge >= 0.3 is 17.1 Å². The number of rotatable bonds is 4. The number of hydrazine groups is 1. The molecule has 1 fully saturated rings. The van der Waals surface area contributed by atoms with Gasteiger partial charge < -0.3 is 10.6 Å². The number of nitrogens with zero attached hydrogens (tertiary/aromatic N) is 4. The van der Waals surface area contributed by atoms with E-state index in [-0.39, 0.29) is 17.1 Å². The average molecular weight is 351 g/mol. The topological polar surface area (TPSA) is 175 Å². The Morgan fingerprint density at radius 3 is 1.95 bits per heavy atom. The Morgan fingerprint density at radius 2 is 1.63 bits per heavy atom. The van der Waals surface area contributed by atoms with Crippen LogP contribution in [0.25, 0.3) is 5.73 Å². The fraction of sp³-hybridized carbons (Fsp3) is 1.00. The maximum atomic E-state index is 9.95. The largest absolute Gasteiger partial charge is 2.00 e. The number of nitroso groups, excluding NO2 is 1. The molecule has 1 radical (unpaired) electrons. The Balaban J connectivity index is 0. The van der Waals surface area contributed by atoms with Crippen LogP contribution in [0.5, 0.6) is 0 Å². The molecule has 2 N–H and O–H groups in total. The van der Waals surface area contributed by atoms with Crippen LogP contribution < -0.4 is 18.6 Å². The molecule has 0 aromatic heterocycles. The molecule has 1 saturated heterocycles. The molecule has 11 nitrogen and oxygen atoms in total. The maximum absolute atomic E-state index is 9.95. The first-order valence-electron chi connectivity index (χ1n) is 4.83. The summed E-state index contributed by atoms with van der Waals surface area (Å²) in [6, 6.07) is 0. The van der Waals surface area contributed by atoms with Gasteiger partial charge in [0.25, 0.3) is 0 Å². The van der Waals surface area contributed by atoms with E-state index < -0.39 is 10.2 Å². The molecule has 0 bridgehead atoms. The summed E-state index contributed by atoms with van der Waals surface area (Å²) in [5.41, 5.74) is 7.03. The van der Waals surface area contributed by atoms with Gasteiger partial charge in [-0.05, 0) is 6.54 Å². The zero-order valence-corrected chi connectivity index (χ0v) is 11.4. The second kappa shape index (κ2) is 10.7. The molecule has 1 aliphatic heterocycles. The molecule has 1 heterocycles. The molecule has 0 aromatic carbocycles. The van der Waals surface area contributed by atoms with Crippen molar-refractivity contribution < 1.29 is 51.2 Å². The van der Waals surface area contributed by atoms with E-state index in [2.05, 4.69) is 10.2 Å². The second-order valence-corrected chi connectivity index (χ2v) is 4.03. The molecule has 13 heteroatoms. The van der Waals surface area contributed by atoms with E-state index in [9.17, 15) is 4.91 Å². The molecule has 1 aliphatic rings.